The monoisotopic (exact) mass is 282 g/mol. The summed E-state index contributed by atoms with van der Waals surface area (Å²) in [6.07, 6.45) is 0.561. The Balaban J connectivity index is 2.34. The molecule has 0 aromatic heterocycles. The number of carbonyl (C=O) groups excluding carboxylic acids is 2. The van der Waals surface area contributed by atoms with Gasteiger partial charge in [-0.25, -0.2) is 0 Å². The highest BCUT2D eigenvalue weighted by Crippen LogP contribution is 2.30. The lowest BCUT2D eigenvalue weighted by Gasteiger charge is -2.32. The zero-order valence-corrected chi connectivity index (χ0v) is 11.5. The van der Waals surface area contributed by atoms with E-state index >= 15 is 0 Å². The van der Waals surface area contributed by atoms with Crippen LogP contribution in [0.5, 0.6) is 5.75 Å². The fourth-order valence-electron chi connectivity index (χ4n) is 2.02. The smallest absolute Gasteiger partial charge is 0.250 e. The van der Waals surface area contributed by atoms with Crippen LogP contribution in [-0.4, -0.2) is 31.5 Å². The number of nitrogens with one attached hydrogen (secondary N) is 1. The summed E-state index contributed by atoms with van der Waals surface area (Å²) in [6, 6.07) is 4.54. The van der Waals surface area contributed by atoms with Gasteiger partial charge in [0.1, 0.15) is 18.3 Å². The Morgan fingerprint density at radius 3 is 2.84 bits per heavy atom. The van der Waals surface area contributed by atoms with Crippen LogP contribution < -0.4 is 15.0 Å². The average Bonchev–Trinajstić information content (AvgIpc) is 2.41. The molecule has 0 saturated carbocycles. The van der Waals surface area contributed by atoms with E-state index in [1.165, 1.54) is 12.0 Å². The molecule has 0 bridgehead atoms. The lowest BCUT2D eigenvalue weighted by atomic mass is 10.1. The number of nitrogens with zero attached hydrogens (tertiary/aromatic N) is 1. The number of hydrogen-bond donors (Lipinski definition) is 1. The molecule has 1 aliphatic rings. The third-order valence-electron chi connectivity index (χ3n) is 3.06. The summed E-state index contributed by atoms with van der Waals surface area (Å²) in [5.41, 5.74) is 0.611. The largest absolute Gasteiger partial charge is 0.495 e. The third-order valence-corrected chi connectivity index (χ3v) is 3.37. The van der Waals surface area contributed by atoms with Crippen LogP contribution in [-0.2, 0) is 9.59 Å². The molecule has 1 unspecified atom stereocenters. The summed E-state index contributed by atoms with van der Waals surface area (Å²) in [4.78, 5) is 25.3. The van der Waals surface area contributed by atoms with E-state index in [1.54, 1.807) is 18.2 Å². The van der Waals surface area contributed by atoms with E-state index in [2.05, 4.69) is 5.32 Å². The molecule has 0 spiro atoms. The fraction of sp³-hybridized carbons (Fsp3) is 0.385. The number of piperazine rings is 1. The van der Waals surface area contributed by atoms with Gasteiger partial charge >= 0.3 is 0 Å². The number of ether oxygens (including phenoxy) is 1. The molecule has 1 saturated heterocycles. The van der Waals surface area contributed by atoms with E-state index < -0.39 is 6.04 Å². The van der Waals surface area contributed by atoms with Crippen LogP contribution >= 0.6 is 11.6 Å². The molecule has 1 aromatic carbocycles. The van der Waals surface area contributed by atoms with Gasteiger partial charge in [0.25, 0.3) is 0 Å². The van der Waals surface area contributed by atoms with Gasteiger partial charge in [-0.3, -0.25) is 9.59 Å². The maximum Gasteiger partial charge on any atom is 0.250 e. The van der Waals surface area contributed by atoms with Crippen molar-refractivity contribution in [2.75, 3.05) is 18.6 Å². The van der Waals surface area contributed by atoms with Gasteiger partial charge in [-0.1, -0.05) is 18.5 Å². The van der Waals surface area contributed by atoms with E-state index in [0.717, 1.165) is 0 Å². The van der Waals surface area contributed by atoms with Crippen molar-refractivity contribution in [3.05, 3.63) is 23.2 Å². The number of methoxy groups -OCH3 is 1. The molecule has 6 heteroatoms. The highest BCUT2D eigenvalue weighted by atomic mass is 35.5. The summed E-state index contributed by atoms with van der Waals surface area (Å²) in [5.74, 6) is 0.192. The minimum absolute atomic E-state index is 0.0140. The lowest BCUT2D eigenvalue weighted by molar-refractivity contribution is -0.131. The van der Waals surface area contributed by atoms with Gasteiger partial charge in [-0.15, -0.1) is 0 Å². The molecule has 102 valence electrons. The summed E-state index contributed by atoms with van der Waals surface area (Å²) in [7, 11) is 1.50. The van der Waals surface area contributed by atoms with Crippen molar-refractivity contribution in [2.24, 2.45) is 0 Å². The highest BCUT2D eigenvalue weighted by Gasteiger charge is 2.32. The van der Waals surface area contributed by atoms with Crippen molar-refractivity contribution in [3.8, 4) is 5.75 Å². The van der Waals surface area contributed by atoms with Crippen LogP contribution in [0, 0.1) is 0 Å². The first-order chi connectivity index (χ1) is 9.06. The van der Waals surface area contributed by atoms with E-state index in [4.69, 9.17) is 16.3 Å². The Labute approximate surface area is 116 Å². The molecule has 0 radical (unpaired) electrons. The molecule has 1 aromatic rings. The number of amides is 2. The number of carbonyl (C=O) groups is 2. The van der Waals surface area contributed by atoms with Gasteiger partial charge in [-0.2, -0.15) is 0 Å². The molecule has 1 heterocycles. The Morgan fingerprint density at radius 2 is 2.21 bits per heavy atom. The van der Waals surface area contributed by atoms with Crippen LogP contribution in [0.15, 0.2) is 18.2 Å². The van der Waals surface area contributed by atoms with Gasteiger partial charge in [0.15, 0.2) is 0 Å². The zero-order valence-electron chi connectivity index (χ0n) is 10.8. The third kappa shape index (κ3) is 2.66. The van der Waals surface area contributed by atoms with Crippen LogP contribution in [0.25, 0.3) is 0 Å². The van der Waals surface area contributed by atoms with E-state index in [-0.39, 0.29) is 18.4 Å². The average molecular weight is 283 g/mol. The number of anilines is 1. The SMILES string of the molecule is CCC1NC(=O)CN(c2ccc(Cl)c(OC)c2)C1=O. The molecule has 2 rings (SSSR count). The van der Waals surface area contributed by atoms with Crippen LogP contribution in [0.1, 0.15) is 13.3 Å². The van der Waals surface area contributed by atoms with Crippen LogP contribution in [0.3, 0.4) is 0 Å². The number of halogens is 1. The summed E-state index contributed by atoms with van der Waals surface area (Å²) in [6.45, 7) is 1.87. The first-order valence-corrected chi connectivity index (χ1v) is 6.39. The summed E-state index contributed by atoms with van der Waals surface area (Å²) in [5, 5.41) is 3.13. The molecular weight excluding hydrogens is 268 g/mol. The van der Waals surface area contributed by atoms with Crippen molar-refractivity contribution in [1.82, 2.24) is 5.32 Å². The van der Waals surface area contributed by atoms with Crippen LogP contribution in [0.4, 0.5) is 5.69 Å². The Bertz CT molecular complexity index is 519. The zero-order chi connectivity index (χ0) is 14.0. The van der Waals surface area contributed by atoms with E-state index in [0.29, 0.717) is 22.9 Å². The highest BCUT2D eigenvalue weighted by molar-refractivity contribution is 6.32. The second kappa shape index (κ2) is 5.48. The molecule has 1 fully saturated rings. The first kappa shape index (κ1) is 13.7. The van der Waals surface area contributed by atoms with Crippen molar-refractivity contribution < 1.29 is 14.3 Å². The second-order valence-electron chi connectivity index (χ2n) is 4.27. The molecular formula is C13H15ClN2O3. The quantitative estimate of drug-likeness (QED) is 0.916. The maximum atomic E-state index is 12.2. The maximum absolute atomic E-state index is 12.2. The van der Waals surface area contributed by atoms with Crippen molar-refractivity contribution in [2.45, 2.75) is 19.4 Å². The van der Waals surface area contributed by atoms with Crippen molar-refractivity contribution in [3.63, 3.8) is 0 Å². The van der Waals surface area contributed by atoms with Crippen molar-refractivity contribution >= 4 is 29.1 Å². The molecule has 1 atom stereocenters. The fourth-order valence-corrected chi connectivity index (χ4v) is 2.22. The van der Waals surface area contributed by atoms with Gasteiger partial charge < -0.3 is 15.0 Å². The lowest BCUT2D eigenvalue weighted by Crippen LogP contribution is -2.58. The number of benzene rings is 1. The Kier molecular flexibility index (Phi) is 3.95. The number of rotatable bonds is 3. The topological polar surface area (TPSA) is 58.6 Å². The molecule has 1 aliphatic heterocycles. The van der Waals surface area contributed by atoms with E-state index in [1.807, 2.05) is 6.92 Å². The molecule has 5 nitrogen and oxygen atoms in total. The summed E-state index contributed by atoms with van der Waals surface area (Å²) < 4.78 is 5.12. The standard InChI is InChI=1S/C13H15ClN2O3/c1-3-10-13(18)16(7-12(17)15-10)8-4-5-9(14)11(6-8)19-2/h4-6,10H,3,7H2,1-2H3,(H,15,17). The molecule has 0 aliphatic carbocycles. The van der Waals surface area contributed by atoms with Gasteiger partial charge in [0, 0.05) is 11.8 Å². The van der Waals surface area contributed by atoms with Crippen LogP contribution in [0.2, 0.25) is 5.02 Å². The summed E-state index contributed by atoms with van der Waals surface area (Å²) >= 11 is 5.95. The van der Waals surface area contributed by atoms with E-state index in [9.17, 15) is 9.59 Å². The Hall–Kier alpha value is -1.75. The molecule has 1 N–H and O–H groups in total. The van der Waals surface area contributed by atoms with Gasteiger partial charge in [-0.05, 0) is 18.6 Å². The normalized spacial score (nSPS) is 19.3. The minimum atomic E-state index is -0.470. The minimum Gasteiger partial charge on any atom is -0.495 e. The van der Waals surface area contributed by atoms with Gasteiger partial charge in [0.2, 0.25) is 11.8 Å². The van der Waals surface area contributed by atoms with Gasteiger partial charge in [0.05, 0.1) is 12.1 Å². The second-order valence-corrected chi connectivity index (χ2v) is 4.68. The molecule has 2 amide bonds. The predicted octanol–water partition coefficient (Wildman–Crippen LogP) is 1.59. The molecule has 19 heavy (non-hydrogen) atoms. The van der Waals surface area contributed by atoms with Crippen molar-refractivity contribution in [1.29, 1.82) is 0 Å². The predicted molar refractivity (Wildman–Crippen MR) is 72.6 cm³/mol. The number of hydrogen-bond acceptors (Lipinski definition) is 3. The Morgan fingerprint density at radius 1 is 1.47 bits per heavy atom. The first-order valence-electron chi connectivity index (χ1n) is 6.01.